The Morgan fingerprint density at radius 1 is 0.848 bits per heavy atom. The summed E-state index contributed by atoms with van der Waals surface area (Å²) < 4.78 is 6.75. The quantitative estimate of drug-likeness (QED) is 0.304. The molecule has 33 heavy (non-hydrogen) atoms. The number of benzene rings is 3. The summed E-state index contributed by atoms with van der Waals surface area (Å²) in [7, 11) is 1.38. The van der Waals surface area contributed by atoms with Gasteiger partial charge in [0, 0.05) is 11.1 Å². The monoisotopic (exact) mass is 458 g/mol. The fourth-order valence-corrected chi connectivity index (χ4v) is 4.18. The molecule has 1 aromatic heterocycles. The number of hydrogen-bond acceptors (Lipinski definition) is 3. The van der Waals surface area contributed by atoms with Gasteiger partial charge in [-0.05, 0) is 79.8 Å². The minimum atomic E-state index is -0.350. The highest BCUT2D eigenvalue weighted by molar-refractivity contribution is 6.35. The van der Waals surface area contributed by atoms with Crippen LogP contribution in [-0.2, 0) is 11.3 Å². The van der Waals surface area contributed by atoms with E-state index in [2.05, 4.69) is 64.1 Å². The summed E-state index contributed by atoms with van der Waals surface area (Å²) >= 11 is 6.99. The zero-order valence-electron chi connectivity index (χ0n) is 19.6. The van der Waals surface area contributed by atoms with Gasteiger partial charge in [-0.15, -0.1) is 0 Å². The molecular weight excluding hydrogens is 432 g/mol. The number of halogens is 1. The molecule has 0 radical (unpaired) electrons. The van der Waals surface area contributed by atoms with Crippen LogP contribution in [-0.4, -0.2) is 22.9 Å². The Morgan fingerprint density at radius 2 is 1.42 bits per heavy atom. The molecule has 0 aliphatic carbocycles. The van der Waals surface area contributed by atoms with E-state index < -0.39 is 0 Å². The number of esters is 1. The van der Waals surface area contributed by atoms with Gasteiger partial charge in [0.05, 0.1) is 29.9 Å². The summed E-state index contributed by atoms with van der Waals surface area (Å²) in [5.41, 5.74) is 10.1. The average Bonchev–Trinajstić information content (AvgIpc) is 3.13. The van der Waals surface area contributed by atoms with Crippen LogP contribution in [0.25, 0.3) is 22.5 Å². The molecule has 0 fully saturated rings. The maximum absolute atomic E-state index is 11.8. The molecule has 0 aliphatic heterocycles. The lowest BCUT2D eigenvalue weighted by atomic mass is 10.0. The highest BCUT2D eigenvalue weighted by Gasteiger charge is 2.20. The van der Waals surface area contributed by atoms with E-state index in [1.165, 1.54) is 29.4 Å². The van der Waals surface area contributed by atoms with Crippen molar-refractivity contribution in [3.63, 3.8) is 0 Å². The molecule has 0 aliphatic rings. The number of carbonyl (C=O) groups is 1. The topological polar surface area (TPSA) is 44.1 Å². The number of aryl methyl sites for hydroxylation is 4. The highest BCUT2D eigenvalue weighted by Crippen LogP contribution is 2.38. The molecule has 4 rings (SSSR count). The fraction of sp³-hybridized carbons (Fsp3) is 0.214. The van der Waals surface area contributed by atoms with Gasteiger partial charge >= 0.3 is 5.97 Å². The third-order valence-electron chi connectivity index (χ3n) is 6.16. The molecule has 0 amide bonds. The number of rotatable bonds is 5. The minimum absolute atomic E-state index is 0.350. The van der Waals surface area contributed by atoms with Gasteiger partial charge in [0.2, 0.25) is 0 Å². The van der Waals surface area contributed by atoms with Gasteiger partial charge in [-0.3, -0.25) is 4.68 Å². The van der Waals surface area contributed by atoms with Gasteiger partial charge < -0.3 is 4.74 Å². The molecule has 0 spiro atoms. The van der Waals surface area contributed by atoms with E-state index in [1.807, 2.05) is 16.8 Å². The molecule has 4 nitrogen and oxygen atoms in total. The van der Waals surface area contributed by atoms with Crippen molar-refractivity contribution >= 4 is 17.6 Å². The number of methoxy groups -OCH3 is 1. The van der Waals surface area contributed by atoms with Crippen molar-refractivity contribution in [2.75, 3.05) is 7.11 Å². The molecule has 0 saturated carbocycles. The zero-order chi connectivity index (χ0) is 23.7. The first kappa shape index (κ1) is 22.8. The zero-order valence-corrected chi connectivity index (χ0v) is 20.3. The van der Waals surface area contributed by atoms with Crippen molar-refractivity contribution in [1.82, 2.24) is 9.78 Å². The van der Waals surface area contributed by atoms with Crippen LogP contribution in [0, 0.1) is 27.7 Å². The van der Waals surface area contributed by atoms with Crippen LogP contribution >= 0.6 is 11.6 Å². The lowest BCUT2D eigenvalue weighted by molar-refractivity contribution is 0.0600. The van der Waals surface area contributed by atoms with Crippen LogP contribution in [0.4, 0.5) is 0 Å². The summed E-state index contributed by atoms with van der Waals surface area (Å²) in [6.07, 6.45) is 0. The SMILES string of the molecule is COC(=O)c1ccc(Cn2nc(-c3ccc(C)c(C)c3)c(Cl)c2-c2ccc(C)c(C)c2)cc1. The number of carbonyl (C=O) groups excluding carboxylic acids is 1. The number of aromatic nitrogens is 2. The van der Waals surface area contributed by atoms with Gasteiger partial charge in [-0.2, -0.15) is 5.10 Å². The Kier molecular flexibility index (Phi) is 6.39. The first-order valence-corrected chi connectivity index (χ1v) is 11.2. The van der Waals surface area contributed by atoms with Crippen LogP contribution in [0.5, 0.6) is 0 Å². The summed E-state index contributed by atoms with van der Waals surface area (Å²) in [5, 5.41) is 5.57. The third-order valence-corrected chi connectivity index (χ3v) is 6.52. The van der Waals surface area contributed by atoms with Crippen LogP contribution in [0.3, 0.4) is 0 Å². The lowest BCUT2D eigenvalue weighted by Gasteiger charge is -2.10. The van der Waals surface area contributed by atoms with Crippen molar-refractivity contribution in [2.24, 2.45) is 0 Å². The van der Waals surface area contributed by atoms with Crippen molar-refractivity contribution in [3.05, 3.63) is 99.1 Å². The molecule has 168 valence electrons. The van der Waals surface area contributed by atoms with Gasteiger partial charge in [0.15, 0.2) is 0 Å². The Balaban J connectivity index is 1.82. The molecule has 0 unspecified atom stereocenters. The molecular formula is C28H27ClN2O2. The lowest BCUT2D eigenvalue weighted by Crippen LogP contribution is -2.06. The molecule has 1 heterocycles. The minimum Gasteiger partial charge on any atom is -0.465 e. The Hall–Kier alpha value is -3.37. The Labute approximate surface area is 199 Å². The third kappa shape index (κ3) is 4.57. The summed E-state index contributed by atoms with van der Waals surface area (Å²) in [4.78, 5) is 11.8. The largest absolute Gasteiger partial charge is 0.465 e. The van der Waals surface area contributed by atoms with Gasteiger partial charge in [-0.1, -0.05) is 48.0 Å². The van der Waals surface area contributed by atoms with Gasteiger partial charge in [0.25, 0.3) is 0 Å². The first-order chi connectivity index (χ1) is 15.8. The van der Waals surface area contributed by atoms with Crippen LogP contribution < -0.4 is 0 Å². The Bertz CT molecular complexity index is 1340. The second kappa shape index (κ2) is 9.24. The van der Waals surface area contributed by atoms with E-state index >= 15 is 0 Å². The van der Waals surface area contributed by atoms with Crippen molar-refractivity contribution in [3.8, 4) is 22.5 Å². The van der Waals surface area contributed by atoms with Gasteiger partial charge in [0.1, 0.15) is 5.69 Å². The van der Waals surface area contributed by atoms with E-state index in [-0.39, 0.29) is 5.97 Å². The number of ether oxygens (including phenoxy) is 1. The van der Waals surface area contributed by atoms with E-state index in [1.54, 1.807) is 12.1 Å². The molecule has 3 aromatic carbocycles. The number of nitrogens with zero attached hydrogens (tertiary/aromatic N) is 2. The normalized spacial score (nSPS) is 11.0. The van der Waals surface area contributed by atoms with Crippen LogP contribution in [0.2, 0.25) is 5.02 Å². The molecule has 5 heteroatoms. The molecule has 0 atom stereocenters. The predicted octanol–water partition coefficient (Wildman–Crippen LogP) is 6.94. The average molecular weight is 459 g/mol. The molecule has 0 saturated heterocycles. The first-order valence-electron chi connectivity index (χ1n) is 10.9. The molecule has 4 aromatic rings. The standard InChI is InChI=1S/C28H27ClN2O2/c1-17-6-10-23(14-19(17)3)26-25(29)27(24-11-7-18(2)20(4)15-24)31(30-26)16-21-8-12-22(13-9-21)28(32)33-5/h6-15H,16H2,1-5H3. The maximum Gasteiger partial charge on any atom is 0.337 e. The van der Waals surface area contributed by atoms with Crippen LogP contribution in [0.1, 0.15) is 38.2 Å². The van der Waals surface area contributed by atoms with Crippen molar-refractivity contribution in [1.29, 1.82) is 0 Å². The van der Waals surface area contributed by atoms with E-state index in [4.69, 9.17) is 21.4 Å². The smallest absolute Gasteiger partial charge is 0.337 e. The molecule has 0 bridgehead atoms. The van der Waals surface area contributed by atoms with E-state index in [0.29, 0.717) is 17.1 Å². The van der Waals surface area contributed by atoms with Crippen molar-refractivity contribution < 1.29 is 9.53 Å². The molecule has 0 N–H and O–H groups in total. The fourth-order valence-electron chi connectivity index (χ4n) is 3.83. The second-order valence-corrected chi connectivity index (χ2v) is 8.83. The van der Waals surface area contributed by atoms with Gasteiger partial charge in [-0.25, -0.2) is 4.79 Å². The predicted molar refractivity (Wildman–Crippen MR) is 134 cm³/mol. The number of hydrogen-bond donors (Lipinski definition) is 0. The maximum atomic E-state index is 11.8. The second-order valence-electron chi connectivity index (χ2n) is 8.46. The van der Waals surface area contributed by atoms with Crippen molar-refractivity contribution in [2.45, 2.75) is 34.2 Å². The Morgan fingerprint density at radius 3 is 2.00 bits per heavy atom. The van der Waals surface area contributed by atoms with Crippen LogP contribution in [0.15, 0.2) is 60.7 Å². The van der Waals surface area contributed by atoms with E-state index in [0.717, 1.165) is 28.1 Å². The summed E-state index contributed by atoms with van der Waals surface area (Å²) in [6.45, 7) is 8.91. The highest BCUT2D eigenvalue weighted by atomic mass is 35.5. The summed E-state index contributed by atoms with van der Waals surface area (Å²) in [5.74, 6) is -0.350. The summed E-state index contributed by atoms with van der Waals surface area (Å²) in [6, 6.07) is 20.0. The van der Waals surface area contributed by atoms with E-state index in [9.17, 15) is 4.79 Å².